The van der Waals surface area contributed by atoms with Crippen LogP contribution in [0.2, 0.25) is 0 Å². The molecule has 0 aromatic heterocycles. The van der Waals surface area contributed by atoms with Gasteiger partial charge >= 0.3 is 35.8 Å². The van der Waals surface area contributed by atoms with Crippen LogP contribution in [0.5, 0.6) is 0 Å². The van der Waals surface area contributed by atoms with Crippen molar-refractivity contribution in [3.63, 3.8) is 0 Å². The van der Waals surface area contributed by atoms with Crippen LogP contribution in [-0.4, -0.2) is 122 Å². The van der Waals surface area contributed by atoms with Gasteiger partial charge in [-0.3, -0.25) is 38.4 Å². The van der Waals surface area contributed by atoms with Crippen LogP contribution in [0.15, 0.2) is 0 Å². The van der Waals surface area contributed by atoms with E-state index in [1.165, 1.54) is 48.5 Å². The molecule has 0 bridgehead atoms. The number of esters is 5. The summed E-state index contributed by atoms with van der Waals surface area (Å²) in [5.41, 5.74) is 0. The first-order valence-electron chi connectivity index (χ1n) is 16.7. The third-order valence-corrected chi connectivity index (χ3v) is 7.70. The van der Waals surface area contributed by atoms with Crippen molar-refractivity contribution in [3.05, 3.63) is 0 Å². The number of carboxylic acids is 1. The highest BCUT2D eigenvalue weighted by molar-refractivity contribution is 5.74. The highest BCUT2D eigenvalue weighted by atomic mass is 16.7. The Morgan fingerprint density at radius 1 is 0.585 bits per heavy atom. The number of carboxylic acid groups (broad SMARTS) is 1. The molecular weight excluding hydrogens is 708 g/mol. The van der Waals surface area contributed by atoms with Gasteiger partial charge in [-0.2, -0.15) is 0 Å². The average Bonchev–Trinajstić information content (AvgIpc) is 3.00. The molecule has 2 saturated heterocycles. The smallest absolute Gasteiger partial charge is 0.305 e. The predicted molar refractivity (Wildman–Crippen MR) is 181 cm³/mol. The Labute approximate surface area is 309 Å². The molecule has 2 amide bonds. The van der Waals surface area contributed by atoms with Crippen molar-refractivity contribution >= 4 is 47.6 Å². The molecule has 2 fully saturated rings. The fraction of sp³-hybridized carbons (Fsp3) is 0.765. The Hall–Kier alpha value is -4.36. The molecule has 0 spiro atoms. The molecule has 304 valence electrons. The van der Waals surface area contributed by atoms with E-state index in [1.807, 2.05) is 0 Å². The van der Waals surface area contributed by atoms with Crippen LogP contribution < -0.4 is 10.6 Å². The number of hydrogen-bond acceptors (Lipinski definition) is 16. The Morgan fingerprint density at radius 3 is 1.34 bits per heavy atom. The summed E-state index contributed by atoms with van der Waals surface area (Å²) in [5, 5.41) is 14.1. The zero-order valence-corrected chi connectivity index (χ0v) is 31.0. The van der Waals surface area contributed by atoms with Crippen molar-refractivity contribution in [2.24, 2.45) is 11.8 Å². The van der Waals surface area contributed by atoms with Crippen LogP contribution >= 0.6 is 0 Å². The molecule has 19 nitrogen and oxygen atoms in total. The number of hydrogen-bond donors (Lipinski definition) is 3. The molecule has 10 atom stereocenters. The van der Waals surface area contributed by atoms with Gasteiger partial charge in [-0.25, -0.2) is 0 Å². The molecule has 0 aromatic rings. The zero-order valence-electron chi connectivity index (χ0n) is 31.0. The van der Waals surface area contributed by atoms with E-state index in [0.717, 1.165) is 0 Å². The van der Waals surface area contributed by atoms with E-state index in [1.54, 1.807) is 13.8 Å². The van der Waals surface area contributed by atoms with Crippen molar-refractivity contribution in [1.82, 2.24) is 10.6 Å². The number of aliphatic carboxylic acids is 1. The van der Waals surface area contributed by atoms with Crippen molar-refractivity contribution in [2.45, 2.75) is 138 Å². The molecule has 2 rings (SSSR count). The number of amides is 2. The van der Waals surface area contributed by atoms with E-state index < -0.39 is 90.8 Å². The average molecular weight is 765 g/mol. The lowest BCUT2D eigenvalue weighted by Crippen LogP contribution is -2.62. The van der Waals surface area contributed by atoms with Gasteiger partial charge in [0.05, 0.1) is 12.1 Å². The minimum atomic E-state index is -1.09. The van der Waals surface area contributed by atoms with E-state index >= 15 is 0 Å². The molecule has 3 N–H and O–H groups in total. The number of nitrogens with one attached hydrogen (secondary N) is 2. The number of ether oxygens (including phenoxy) is 8. The van der Waals surface area contributed by atoms with Crippen LogP contribution in [0.4, 0.5) is 0 Å². The Balaban J connectivity index is 0.00000101. The van der Waals surface area contributed by atoms with Gasteiger partial charge < -0.3 is 53.6 Å². The zero-order chi connectivity index (χ0) is 39.7. The first-order chi connectivity index (χ1) is 24.2. The molecule has 19 heteroatoms. The van der Waals surface area contributed by atoms with Crippen LogP contribution in [0, 0.1) is 11.8 Å². The highest BCUT2D eigenvalue weighted by Gasteiger charge is 2.48. The van der Waals surface area contributed by atoms with Crippen molar-refractivity contribution in [1.29, 1.82) is 0 Å². The fourth-order valence-electron chi connectivity index (χ4n) is 5.52. The first-order valence-corrected chi connectivity index (χ1v) is 16.7. The minimum Gasteiger partial charge on any atom is -0.481 e. The molecule has 2 aliphatic rings. The summed E-state index contributed by atoms with van der Waals surface area (Å²) in [4.78, 5) is 90.0. The third-order valence-electron chi connectivity index (χ3n) is 7.70. The number of carbonyl (C=O) groups excluding carboxylic acids is 7. The molecule has 0 radical (unpaired) electrons. The largest absolute Gasteiger partial charge is 0.481 e. The van der Waals surface area contributed by atoms with Gasteiger partial charge in [0.1, 0.15) is 37.6 Å². The number of rotatable bonds is 15. The lowest BCUT2D eigenvalue weighted by atomic mass is 9.88. The maximum absolute atomic E-state index is 11.6. The van der Waals surface area contributed by atoms with Crippen LogP contribution in [-0.2, 0) is 76.3 Å². The lowest BCUT2D eigenvalue weighted by Gasteiger charge is -2.44. The van der Waals surface area contributed by atoms with Gasteiger partial charge in [-0.05, 0) is 12.8 Å². The SMILES string of the molecule is C.CC(=O)NC1[C@H](OC(C)=O)OC(COC(C)=O)[C@H](OC(C)=O)[C@@H]1C.CC(=O)NC1[C@H](OCCCCC(=O)O)OC(COC(C)=O)[C@H](OC(C)=O)[C@@H]1C. The van der Waals surface area contributed by atoms with Gasteiger partial charge in [0.15, 0.2) is 6.29 Å². The van der Waals surface area contributed by atoms with Gasteiger partial charge in [0.2, 0.25) is 18.1 Å². The second-order valence-electron chi connectivity index (χ2n) is 12.3. The molecule has 53 heavy (non-hydrogen) atoms. The summed E-state index contributed by atoms with van der Waals surface area (Å²) in [6, 6.07) is -1.32. The van der Waals surface area contributed by atoms with E-state index in [2.05, 4.69) is 10.6 Å². The van der Waals surface area contributed by atoms with Gasteiger partial charge in [-0.1, -0.05) is 21.3 Å². The second kappa shape index (κ2) is 24.1. The summed E-state index contributed by atoms with van der Waals surface area (Å²) >= 11 is 0. The van der Waals surface area contributed by atoms with Crippen molar-refractivity contribution < 1.29 is 81.4 Å². The maximum Gasteiger partial charge on any atom is 0.305 e. The number of carbonyl (C=O) groups is 8. The summed E-state index contributed by atoms with van der Waals surface area (Å²) < 4.78 is 42.9. The van der Waals surface area contributed by atoms with Crippen LogP contribution in [0.3, 0.4) is 0 Å². The molecule has 0 aliphatic carbocycles. The Morgan fingerprint density at radius 2 is 0.981 bits per heavy atom. The molecule has 2 aliphatic heterocycles. The molecule has 4 unspecified atom stereocenters. The lowest BCUT2D eigenvalue weighted by molar-refractivity contribution is -0.262. The fourth-order valence-corrected chi connectivity index (χ4v) is 5.52. The summed E-state index contributed by atoms with van der Waals surface area (Å²) in [6.07, 6.45) is -4.12. The summed E-state index contributed by atoms with van der Waals surface area (Å²) in [6.45, 7) is 12.2. The molecule has 0 aromatic carbocycles. The van der Waals surface area contributed by atoms with E-state index in [9.17, 15) is 38.4 Å². The van der Waals surface area contributed by atoms with Gasteiger partial charge in [0, 0.05) is 73.3 Å². The van der Waals surface area contributed by atoms with E-state index in [0.29, 0.717) is 12.8 Å². The summed E-state index contributed by atoms with van der Waals surface area (Å²) in [5.74, 6) is -5.08. The number of unbranched alkanes of at least 4 members (excludes halogenated alkanes) is 1. The van der Waals surface area contributed by atoms with E-state index in [4.69, 9.17) is 43.0 Å². The van der Waals surface area contributed by atoms with Gasteiger partial charge in [-0.15, -0.1) is 0 Å². The van der Waals surface area contributed by atoms with Crippen molar-refractivity contribution in [3.8, 4) is 0 Å². The Kier molecular flexibility index (Phi) is 22.1. The highest BCUT2D eigenvalue weighted by Crippen LogP contribution is 2.31. The standard InChI is InChI=1S/C18H29NO9.C15H23NO8.CH4/c1-10-16(19-11(2)20)18(25-8-6-5-7-15(23)24)28-14(9-26-12(3)21)17(10)27-13(4)22;1-7-13(16-8(2)17)15(23-11(5)20)24-12(6-21-9(3)18)14(7)22-10(4)19;/h10,14,16-18H,5-9H2,1-4H3,(H,19,20)(H,23,24);7,12-15H,6H2,1-5H3,(H,16,17);1H4/t10-,14?,16?,17-,18-;7-,12?,13?,14-,15-;/m11./s1. The topological polar surface area (TPSA) is 255 Å². The maximum atomic E-state index is 11.6. The van der Waals surface area contributed by atoms with Crippen molar-refractivity contribution in [2.75, 3.05) is 19.8 Å². The second-order valence-corrected chi connectivity index (χ2v) is 12.3. The quantitative estimate of drug-likeness (QED) is 0.120. The third kappa shape index (κ3) is 18.3. The molecule has 0 saturated carbocycles. The normalized spacial score (nSPS) is 27.5. The van der Waals surface area contributed by atoms with Gasteiger partial charge in [0.25, 0.3) is 0 Å². The first kappa shape index (κ1) is 48.6. The van der Waals surface area contributed by atoms with E-state index in [-0.39, 0.29) is 51.4 Å². The van der Waals surface area contributed by atoms with Crippen LogP contribution in [0.25, 0.3) is 0 Å². The summed E-state index contributed by atoms with van der Waals surface area (Å²) in [7, 11) is 0. The van der Waals surface area contributed by atoms with Crippen LogP contribution in [0.1, 0.15) is 89.0 Å². The minimum absolute atomic E-state index is 0. The molecular formula is C34H56N2O17. The monoisotopic (exact) mass is 764 g/mol. The Bertz CT molecular complexity index is 1260. The molecule has 2 heterocycles. The predicted octanol–water partition coefficient (Wildman–Crippen LogP) is 1.16.